The first-order chi connectivity index (χ1) is 5.58. The van der Waals surface area contributed by atoms with Gasteiger partial charge in [0.05, 0.1) is 0 Å². The molecule has 0 aliphatic rings. The molecule has 0 rings (SSSR count). The van der Waals surface area contributed by atoms with Crippen molar-refractivity contribution in [3.63, 3.8) is 0 Å². The van der Waals surface area contributed by atoms with Gasteiger partial charge in [-0.15, -0.1) is 0 Å². The summed E-state index contributed by atoms with van der Waals surface area (Å²) in [7, 11) is -3.19. The summed E-state index contributed by atoms with van der Waals surface area (Å²) in [5.41, 5.74) is 0. The van der Waals surface area contributed by atoms with Crippen LogP contribution in [0.1, 0.15) is 26.7 Å². The molecule has 0 atom stereocenters. The first kappa shape index (κ1) is 11.6. The summed E-state index contributed by atoms with van der Waals surface area (Å²) in [5.74, 6) is 0. The molecule has 0 aliphatic carbocycles. The van der Waals surface area contributed by atoms with Gasteiger partial charge < -0.3 is 0 Å². The minimum absolute atomic E-state index is 0.586. The highest BCUT2D eigenvalue weighted by Gasteiger charge is 2.15. The molecule has 0 unspecified atom stereocenters. The van der Waals surface area contributed by atoms with Crippen molar-refractivity contribution in [3.8, 4) is 0 Å². The van der Waals surface area contributed by atoms with Gasteiger partial charge >= 0.3 is 0 Å². The van der Waals surface area contributed by atoms with Crippen LogP contribution in [0.3, 0.4) is 0 Å². The van der Waals surface area contributed by atoms with Crippen LogP contribution in [0.15, 0.2) is 12.0 Å². The molecule has 0 aliphatic heterocycles. The number of hydrogen-bond acceptors (Lipinski definition) is 2. The van der Waals surface area contributed by atoms with Crippen LogP contribution < -0.4 is 0 Å². The fourth-order valence-electron chi connectivity index (χ4n) is 0.970. The minimum atomic E-state index is -3.19. The Hall–Kier alpha value is -0.350. The van der Waals surface area contributed by atoms with E-state index in [1.54, 1.807) is 0 Å². The smallest absolute Gasteiger partial charge is 0.208 e. The van der Waals surface area contributed by atoms with E-state index in [1.807, 2.05) is 13.8 Å². The average Bonchev–Trinajstić information content (AvgIpc) is 2.04. The van der Waals surface area contributed by atoms with Crippen molar-refractivity contribution < 1.29 is 8.42 Å². The van der Waals surface area contributed by atoms with E-state index in [9.17, 15) is 8.42 Å². The maximum atomic E-state index is 11.3. The van der Waals surface area contributed by atoms with Crippen molar-refractivity contribution in [3.05, 3.63) is 12.0 Å². The van der Waals surface area contributed by atoms with Crippen molar-refractivity contribution in [2.24, 2.45) is 0 Å². The van der Waals surface area contributed by atoms with Gasteiger partial charge in [0.2, 0.25) is 10.0 Å². The van der Waals surface area contributed by atoms with Gasteiger partial charge in [0, 0.05) is 18.5 Å². The first-order valence-electron chi connectivity index (χ1n) is 4.21. The van der Waals surface area contributed by atoms with E-state index < -0.39 is 10.0 Å². The van der Waals surface area contributed by atoms with Crippen LogP contribution in [0, 0.1) is 0 Å². The molecule has 0 amide bonds. The van der Waals surface area contributed by atoms with Crippen LogP contribution >= 0.6 is 0 Å². The zero-order valence-corrected chi connectivity index (χ0v) is 8.60. The number of hydrogen-bond donors (Lipinski definition) is 0. The van der Waals surface area contributed by atoms with E-state index in [4.69, 9.17) is 0 Å². The van der Waals surface area contributed by atoms with Crippen LogP contribution in [-0.2, 0) is 10.0 Å². The maximum Gasteiger partial charge on any atom is 0.235 e. The third kappa shape index (κ3) is 3.36. The highest BCUT2D eigenvalue weighted by molar-refractivity contribution is 7.92. The fraction of sp³-hybridized carbons (Fsp3) is 0.750. The predicted octanol–water partition coefficient (Wildman–Crippen LogP) is 1.58. The Kier molecular flexibility index (Phi) is 5.17. The van der Waals surface area contributed by atoms with E-state index in [0.717, 1.165) is 18.2 Å². The van der Waals surface area contributed by atoms with Crippen molar-refractivity contribution in [2.75, 3.05) is 13.1 Å². The van der Waals surface area contributed by atoms with Gasteiger partial charge in [0.25, 0.3) is 0 Å². The summed E-state index contributed by atoms with van der Waals surface area (Å²) in [6.07, 6.45) is 1.68. The predicted molar refractivity (Wildman–Crippen MR) is 51.3 cm³/mol. The van der Waals surface area contributed by atoms with Gasteiger partial charge in [-0.3, -0.25) is 0 Å². The van der Waals surface area contributed by atoms with Crippen molar-refractivity contribution in [2.45, 2.75) is 26.7 Å². The van der Waals surface area contributed by atoms with Crippen LogP contribution in [0.4, 0.5) is 0 Å². The lowest BCUT2D eigenvalue weighted by Crippen LogP contribution is -2.30. The third-order valence-electron chi connectivity index (χ3n) is 1.52. The summed E-state index contributed by atoms with van der Waals surface area (Å²) in [6.45, 7) is 8.38. The first-order valence-corrected chi connectivity index (χ1v) is 5.71. The van der Waals surface area contributed by atoms with Gasteiger partial charge in [0.15, 0.2) is 0 Å². The zero-order valence-electron chi connectivity index (χ0n) is 7.78. The summed E-state index contributed by atoms with van der Waals surface area (Å²) < 4.78 is 24.0. The molecule has 0 saturated carbocycles. The van der Waals surface area contributed by atoms with E-state index in [2.05, 4.69) is 6.58 Å². The summed E-state index contributed by atoms with van der Waals surface area (Å²) in [5, 5.41) is 1.01. The molecule has 0 aromatic carbocycles. The van der Waals surface area contributed by atoms with Crippen LogP contribution in [0.5, 0.6) is 0 Å². The maximum absolute atomic E-state index is 11.3. The second-order valence-corrected chi connectivity index (χ2v) is 4.49. The summed E-state index contributed by atoms with van der Waals surface area (Å²) >= 11 is 0. The Morgan fingerprint density at radius 3 is 1.92 bits per heavy atom. The average molecular weight is 191 g/mol. The topological polar surface area (TPSA) is 37.4 Å². The molecule has 12 heavy (non-hydrogen) atoms. The monoisotopic (exact) mass is 191 g/mol. The molecular weight excluding hydrogens is 174 g/mol. The lowest BCUT2D eigenvalue weighted by Gasteiger charge is -2.17. The van der Waals surface area contributed by atoms with E-state index in [-0.39, 0.29) is 0 Å². The molecule has 0 bridgehead atoms. The quantitative estimate of drug-likeness (QED) is 0.639. The SMILES string of the molecule is C=CS(=O)(=O)N(CCC)CCC. The molecular formula is C8H17NO2S. The largest absolute Gasteiger partial charge is 0.235 e. The molecule has 0 N–H and O–H groups in total. The molecule has 0 aromatic rings. The third-order valence-corrected chi connectivity index (χ3v) is 3.02. The van der Waals surface area contributed by atoms with Gasteiger partial charge in [-0.2, -0.15) is 4.31 Å². The van der Waals surface area contributed by atoms with Gasteiger partial charge in [-0.05, 0) is 12.8 Å². The highest BCUT2D eigenvalue weighted by atomic mass is 32.2. The molecule has 0 heterocycles. The standard InChI is InChI=1S/C8H17NO2S/c1-4-7-9(8-5-2)12(10,11)6-3/h6H,3-5,7-8H2,1-2H3. The molecule has 0 spiro atoms. The van der Waals surface area contributed by atoms with Crippen LogP contribution in [-0.4, -0.2) is 25.8 Å². The van der Waals surface area contributed by atoms with Crippen LogP contribution in [0.2, 0.25) is 0 Å². The Bertz CT molecular complexity index is 215. The number of rotatable bonds is 6. The molecule has 0 radical (unpaired) electrons. The van der Waals surface area contributed by atoms with Crippen molar-refractivity contribution >= 4 is 10.0 Å². The molecule has 0 aromatic heterocycles. The van der Waals surface area contributed by atoms with E-state index in [1.165, 1.54) is 4.31 Å². The minimum Gasteiger partial charge on any atom is -0.208 e. The number of nitrogens with zero attached hydrogens (tertiary/aromatic N) is 1. The Morgan fingerprint density at radius 2 is 1.67 bits per heavy atom. The number of sulfonamides is 1. The second kappa shape index (κ2) is 5.32. The molecule has 0 fully saturated rings. The Balaban J connectivity index is 4.38. The molecule has 72 valence electrons. The second-order valence-electron chi connectivity index (χ2n) is 2.61. The normalized spacial score (nSPS) is 11.9. The van der Waals surface area contributed by atoms with Crippen molar-refractivity contribution in [1.29, 1.82) is 0 Å². The van der Waals surface area contributed by atoms with Gasteiger partial charge in [-0.1, -0.05) is 20.4 Å². The van der Waals surface area contributed by atoms with E-state index >= 15 is 0 Å². The Labute approximate surface area is 75.1 Å². The fourth-order valence-corrected chi connectivity index (χ4v) is 2.06. The zero-order chi connectivity index (χ0) is 9.61. The Morgan fingerprint density at radius 1 is 1.25 bits per heavy atom. The highest BCUT2D eigenvalue weighted by Crippen LogP contribution is 2.04. The molecule has 3 nitrogen and oxygen atoms in total. The summed E-state index contributed by atoms with van der Waals surface area (Å²) in [6, 6.07) is 0. The van der Waals surface area contributed by atoms with E-state index in [0.29, 0.717) is 13.1 Å². The lowest BCUT2D eigenvalue weighted by molar-refractivity contribution is 0.416. The van der Waals surface area contributed by atoms with Gasteiger partial charge in [0.1, 0.15) is 0 Å². The van der Waals surface area contributed by atoms with Crippen LogP contribution in [0.25, 0.3) is 0 Å². The molecule has 4 heteroatoms. The van der Waals surface area contributed by atoms with Crippen molar-refractivity contribution in [1.82, 2.24) is 4.31 Å². The summed E-state index contributed by atoms with van der Waals surface area (Å²) in [4.78, 5) is 0. The lowest BCUT2D eigenvalue weighted by atomic mass is 10.4. The van der Waals surface area contributed by atoms with Gasteiger partial charge in [-0.25, -0.2) is 8.42 Å². The molecule has 0 saturated heterocycles.